The molecule has 2 N–H and O–H groups in total. The third-order valence-corrected chi connectivity index (χ3v) is 8.78. The van der Waals surface area contributed by atoms with Crippen LogP contribution in [-0.2, 0) is 24.8 Å². The van der Waals surface area contributed by atoms with E-state index in [0.717, 1.165) is 0 Å². The van der Waals surface area contributed by atoms with Crippen LogP contribution in [0.2, 0.25) is 10.0 Å². The Kier molecular flexibility index (Phi) is 7.47. The van der Waals surface area contributed by atoms with Gasteiger partial charge in [0, 0.05) is 10.0 Å². The van der Waals surface area contributed by atoms with E-state index in [1.165, 1.54) is 56.5 Å². The minimum Gasteiger partial charge on any atom is -0.465 e. The lowest BCUT2D eigenvalue weighted by molar-refractivity contribution is 0.0601. The molecule has 0 saturated heterocycles. The topological polar surface area (TPSA) is 119 Å². The van der Waals surface area contributed by atoms with Gasteiger partial charge in [0.05, 0.1) is 33.8 Å². The van der Waals surface area contributed by atoms with Crippen molar-refractivity contribution in [1.29, 1.82) is 0 Å². The predicted molar refractivity (Wildman–Crippen MR) is 132 cm³/mol. The highest BCUT2D eigenvalue weighted by atomic mass is 35.5. The van der Waals surface area contributed by atoms with E-state index in [-0.39, 0.29) is 36.8 Å². The fraction of sp³-hybridized carbons (Fsp3) is 0.136. The SMILES string of the molecule is COC(=O)c1ccc(NS(=O)(=O)c2cccc(Cl)c2C)c(NS(=O)(=O)c2cccc(Cl)c2C)c1. The summed E-state index contributed by atoms with van der Waals surface area (Å²) in [5.41, 5.74) is 0.322. The fourth-order valence-electron chi connectivity index (χ4n) is 3.12. The molecule has 0 aliphatic carbocycles. The zero-order valence-corrected chi connectivity index (χ0v) is 21.4. The number of halogens is 2. The van der Waals surface area contributed by atoms with Gasteiger partial charge in [-0.3, -0.25) is 9.44 Å². The summed E-state index contributed by atoms with van der Waals surface area (Å²) in [7, 11) is -7.22. The van der Waals surface area contributed by atoms with Crippen LogP contribution in [0.25, 0.3) is 0 Å². The number of carbonyl (C=O) groups is 1. The summed E-state index contributed by atoms with van der Waals surface area (Å²) in [6, 6.07) is 12.5. The van der Waals surface area contributed by atoms with Crippen molar-refractivity contribution in [3.63, 3.8) is 0 Å². The summed E-state index contributed by atoms with van der Waals surface area (Å²) in [5, 5.41) is 0.491. The number of ether oxygens (including phenoxy) is 1. The number of rotatable bonds is 7. The molecule has 0 bridgehead atoms. The molecule has 3 rings (SSSR count). The normalized spacial score (nSPS) is 11.7. The Bertz CT molecular complexity index is 1490. The first-order valence-electron chi connectivity index (χ1n) is 9.65. The van der Waals surface area contributed by atoms with Crippen LogP contribution < -0.4 is 9.44 Å². The molecule has 3 aromatic carbocycles. The summed E-state index contributed by atoms with van der Waals surface area (Å²) in [6.07, 6.45) is 0. The lowest BCUT2D eigenvalue weighted by Gasteiger charge is -2.17. The van der Waals surface area contributed by atoms with Crippen LogP contribution in [0.5, 0.6) is 0 Å². The summed E-state index contributed by atoms with van der Waals surface area (Å²) in [6.45, 7) is 3.08. The molecule has 0 aliphatic heterocycles. The molecule has 0 fully saturated rings. The second-order valence-electron chi connectivity index (χ2n) is 7.19. The molecule has 0 unspecified atom stereocenters. The van der Waals surface area contributed by atoms with Crippen molar-refractivity contribution in [2.45, 2.75) is 23.6 Å². The van der Waals surface area contributed by atoms with Crippen molar-refractivity contribution < 1.29 is 26.4 Å². The Morgan fingerprint density at radius 1 is 0.765 bits per heavy atom. The van der Waals surface area contributed by atoms with Crippen molar-refractivity contribution >= 4 is 60.6 Å². The maximum absolute atomic E-state index is 13.1. The van der Waals surface area contributed by atoms with Gasteiger partial charge in [-0.25, -0.2) is 21.6 Å². The lowest BCUT2D eigenvalue weighted by Crippen LogP contribution is -2.19. The van der Waals surface area contributed by atoms with E-state index in [1.807, 2.05) is 0 Å². The van der Waals surface area contributed by atoms with E-state index in [1.54, 1.807) is 19.1 Å². The summed E-state index contributed by atoms with van der Waals surface area (Å²) in [5.74, 6) is -0.737. The van der Waals surface area contributed by atoms with E-state index in [2.05, 4.69) is 9.44 Å². The Hall–Kier alpha value is -2.79. The number of esters is 1. The number of hydrogen-bond acceptors (Lipinski definition) is 6. The minimum atomic E-state index is -4.22. The summed E-state index contributed by atoms with van der Waals surface area (Å²) < 4.78 is 61.8. The second-order valence-corrected chi connectivity index (χ2v) is 11.3. The minimum absolute atomic E-state index is 0.00454. The molecule has 0 amide bonds. The van der Waals surface area contributed by atoms with Gasteiger partial charge < -0.3 is 4.74 Å². The van der Waals surface area contributed by atoms with Gasteiger partial charge in [0.1, 0.15) is 0 Å². The van der Waals surface area contributed by atoms with Crippen molar-refractivity contribution in [2.24, 2.45) is 0 Å². The Morgan fingerprint density at radius 3 is 1.71 bits per heavy atom. The van der Waals surface area contributed by atoms with Crippen LogP contribution in [0.15, 0.2) is 64.4 Å². The number of sulfonamides is 2. The first kappa shape index (κ1) is 25.8. The molecule has 0 saturated carbocycles. The number of carbonyl (C=O) groups excluding carboxylic acids is 1. The van der Waals surface area contributed by atoms with Gasteiger partial charge in [-0.05, 0) is 67.4 Å². The van der Waals surface area contributed by atoms with Crippen molar-refractivity contribution in [3.05, 3.63) is 81.3 Å². The highest BCUT2D eigenvalue weighted by Crippen LogP contribution is 2.32. The summed E-state index contributed by atoms with van der Waals surface area (Å²) in [4.78, 5) is 11.8. The van der Waals surface area contributed by atoms with E-state index in [9.17, 15) is 21.6 Å². The van der Waals surface area contributed by atoms with Gasteiger partial charge in [0.2, 0.25) is 0 Å². The quantitative estimate of drug-likeness (QED) is 0.405. The van der Waals surface area contributed by atoms with E-state index >= 15 is 0 Å². The maximum Gasteiger partial charge on any atom is 0.337 e. The zero-order valence-electron chi connectivity index (χ0n) is 18.2. The number of nitrogens with one attached hydrogen (secondary N) is 2. The Labute approximate surface area is 208 Å². The standard InChI is InChI=1S/C22H20Cl2N2O6S2/c1-13-16(23)6-4-8-20(13)33(28,29)25-18-11-10-15(22(27)32-3)12-19(18)26-34(30,31)21-9-5-7-17(24)14(21)2/h4-12,25-26H,1-3H3. The molecule has 0 spiro atoms. The van der Waals surface area contributed by atoms with Gasteiger partial charge in [-0.1, -0.05) is 35.3 Å². The Balaban J connectivity index is 2.11. The molecule has 180 valence electrons. The molecule has 0 aliphatic rings. The van der Waals surface area contributed by atoms with Gasteiger partial charge in [-0.15, -0.1) is 0 Å². The van der Waals surface area contributed by atoms with Crippen LogP contribution in [0.3, 0.4) is 0 Å². The van der Waals surface area contributed by atoms with Crippen LogP contribution in [0.4, 0.5) is 11.4 Å². The van der Waals surface area contributed by atoms with Gasteiger partial charge in [0.15, 0.2) is 0 Å². The lowest BCUT2D eigenvalue weighted by atomic mass is 10.2. The first-order chi connectivity index (χ1) is 15.9. The zero-order chi connectivity index (χ0) is 25.3. The summed E-state index contributed by atoms with van der Waals surface area (Å²) >= 11 is 12.1. The second kappa shape index (κ2) is 9.83. The molecule has 34 heavy (non-hydrogen) atoms. The molecular weight excluding hydrogens is 523 g/mol. The van der Waals surface area contributed by atoms with E-state index in [0.29, 0.717) is 11.1 Å². The smallest absolute Gasteiger partial charge is 0.337 e. The Morgan fingerprint density at radius 2 is 1.24 bits per heavy atom. The first-order valence-corrected chi connectivity index (χ1v) is 13.4. The number of hydrogen-bond donors (Lipinski definition) is 2. The number of benzene rings is 3. The molecule has 0 heterocycles. The van der Waals surface area contributed by atoms with Crippen molar-refractivity contribution in [3.8, 4) is 0 Å². The third-order valence-electron chi connectivity index (χ3n) is 4.94. The average molecular weight is 543 g/mol. The highest BCUT2D eigenvalue weighted by Gasteiger charge is 2.24. The third kappa shape index (κ3) is 5.30. The molecule has 8 nitrogen and oxygen atoms in total. The van der Waals surface area contributed by atoms with Crippen LogP contribution in [0, 0.1) is 13.8 Å². The molecular formula is C22H20Cl2N2O6S2. The van der Waals surface area contributed by atoms with Crippen LogP contribution in [0.1, 0.15) is 21.5 Å². The largest absolute Gasteiger partial charge is 0.465 e. The van der Waals surface area contributed by atoms with Crippen LogP contribution >= 0.6 is 23.2 Å². The highest BCUT2D eigenvalue weighted by molar-refractivity contribution is 7.93. The maximum atomic E-state index is 13.1. The predicted octanol–water partition coefficient (Wildman–Crippen LogP) is 5.00. The fourth-order valence-corrected chi connectivity index (χ4v) is 6.27. The van der Waals surface area contributed by atoms with E-state index < -0.39 is 26.0 Å². The van der Waals surface area contributed by atoms with Crippen molar-refractivity contribution in [2.75, 3.05) is 16.6 Å². The van der Waals surface area contributed by atoms with Gasteiger partial charge in [-0.2, -0.15) is 0 Å². The number of methoxy groups -OCH3 is 1. The molecule has 0 aromatic heterocycles. The molecule has 0 radical (unpaired) electrons. The van der Waals surface area contributed by atoms with Gasteiger partial charge >= 0.3 is 5.97 Å². The monoisotopic (exact) mass is 542 g/mol. The van der Waals surface area contributed by atoms with Gasteiger partial charge in [0.25, 0.3) is 20.0 Å². The molecule has 12 heteroatoms. The molecule has 3 aromatic rings. The number of anilines is 2. The van der Waals surface area contributed by atoms with Crippen LogP contribution in [-0.4, -0.2) is 29.9 Å². The molecule has 0 atom stereocenters. The average Bonchev–Trinajstić information content (AvgIpc) is 2.77. The van der Waals surface area contributed by atoms with E-state index in [4.69, 9.17) is 27.9 Å². The van der Waals surface area contributed by atoms with Crippen molar-refractivity contribution in [1.82, 2.24) is 0 Å².